The largest absolute Gasteiger partial charge is 0.402 e. The van der Waals surface area contributed by atoms with Gasteiger partial charge in [0.25, 0.3) is 0 Å². The van der Waals surface area contributed by atoms with Gasteiger partial charge >= 0.3 is 7.75 Å². The molecule has 0 saturated carbocycles. The van der Waals surface area contributed by atoms with Crippen LogP contribution >= 0.6 is 7.75 Å². The molecular formula is C10H20NO5P. The van der Waals surface area contributed by atoms with Crippen LogP contribution < -0.4 is 5.50 Å². The minimum absolute atomic E-state index is 0.360. The van der Waals surface area contributed by atoms with E-state index in [2.05, 4.69) is 0 Å². The molecule has 0 bridgehead atoms. The van der Waals surface area contributed by atoms with Gasteiger partial charge in [-0.1, -0.05) is 0 Å². The Morgan fingerprint density at radius 1 is 1.06 bits per heavy atom. The van der Waals surface area contributed by atoms with Crippen molar-refractivity contribution in [3.63, 3.8) is 0 Å². The van der Waals surface area contributed by atoms with Crippen LogP contribution in [-0.4, -0.2) is 38.6 Å². The molecule has 2 rings (SSSR count). The van der Waals surface area contributed by atoms with Gasteiger partial charge in [0, 0.05) is 0 Å². The van der Waals surface area contributed by atoms with E-state index in [1.54, 1.807) is 0 Å². The highest BCUT2D eigenvalue weighted by molar-refractivity contribution is 7.51. The second kappa shape index (κ2) is 6.27. The van der Waals surface area contributed by atoms with Crippen LogP contribution in [0.4, 0.5) is 0 Å². The van der Waals surface area contributed by atoms with Crippen molar-refractivity contribution in [2.24, 2.45) is 5.50 Å². The number of hydrogen-bond donors (Lipinski definition) is 1. The normalized spacial score (nSPS) is 29.9. The SMILES string of the molecule is NP(=O)(OCCCC1CO1)OCCCC1CO1. The zero-order valence-electron chi connectivity index (χ0n) is 9.88. The Morgan fingerprint density at radius 2 is 1.47 bits per heavy atom. The first kappa shape index (κ1) is 13.5. The fraction of sp³-hybridized carbons (Fsp3) is 1.00. The van der Waals surface area contributed by atoms with Gasteiger partial charge in [-0.25, -0.2) is 10.1 Å². The molecule has 0 spiro atoms. The molecule has 2 aliphatic rings. The van der Waals surface area contributed by atoms with Crippen molar-refractivity contribution in [2.75, 3.05) is 26.4 Å². The van der Waals surface area contributed by atoms with E-state index in [4.69, 9.17) is 24.0 Å². The van der Waals surface area contributed by atoms with Gasteiger partial charge in [0.1, 0.15) is 0 Å². The monoisotopic (exact) mass is 265 g/mol. The third kappa shape index (κ3) is 6.50. The minimum atomic E-state index is -3.35. The summed E-state index contributed by atoms with van der Waals surface area (Å²) in [5, 5.41) is 0. The average Bonchev–Trinajstić information content (AvgIpc) is 3.13. The van der Waals surface area contributed by atoms with Crippen molar-refractivity contribution in [2.45, 2.75) is 37.9 Å². The predicted octanol–water partition coefficient (Wildman–Crippen LogP) is 1.44. The minimum Gasteiger partial charge on any atom is -0.373 e. The molecule has 0 radical (unpaired) electrons. The summed E-state index contributed by atoms with van der Waals surface area (Å²) in [6.45, 7) is 2.39. The first-order valence-electron chi connectivity index (χ1n) is 6.07. The summed E-state index contributed by atoms with van der Waals surface area (Å²) in [4.78, 5) is 0. The first-order chi connectivity index (χ1) is 8.16. The highest BCUT2D eigenvalue weighted by Crippen LogP contribution is 2.39. The van der Waals surface area contributed by atoms with Crippen molar-refractivity contribution < 1.29 is 23.1 Å². The summed E-state index contributed by atoms with van der Waals surface area (Å²) in [7, 11) is -3.35. The molecule has 6 nitrogen and oxygen atoms in total. The van der Waals surface area contributed by atoms with Crippen molar-refractivity contribution in [3.05, 3.63) is 0 Å². The molecule has 0 aromatic heterocycles. The molecule has 0 aliphatic carbocycles. The Bertz CT molecular complexity index is 256. The van der Waals surface area contributed by atoms with E-state index in [9.17, 15) is 4.57 Å². The summed E-state index contributed by atoms with van der Waals surface area (Å²) in [5.41, 5.74) is 5.43. The van der Waals surface area contributed by atoms with Crippen LogP contribution in [0.15, 0.2) is 0 Å². The first-order valence-corrected chi connectivity index (χ1v) is 7.68. The van der Waals surface area contributed by atoms with Gasteiger partial charge in [0.2, 0.25) is 0 Å². The van der Waals surface area contributed by atoms with Crippen LogP contribution in [0.2, 0.25) is 0 Å². The van der Waals surface area contributed by atoms with Crippen LogP contribution in [0.1, 0.15) is 25.7 Å². The van der Waals surface area contributed by atoms with Crippen molar-refractivity contribution in [1.82, 2.24) is 0 Å². The fourth-order valence-corrected chi connectivity index (χ4v) is 2.35. The lowest BCUT2D eigenvalue weighted by molar-refractivity contribution is 0.195. The third-order valence-electron chi connectivity index (χ3n) is 2.69. The molecule has 2 saturated heterocycles. The van der Waals surface area contributed by atoms with E-state index in [1.807, 2.05) is 0 Å². The van der Waals surface area contributed by atoms with Crippen LogP contribution in [0.5, 0.6) is 0 Å². The number of nitrogens with two attached hydrogens (primary N) is 1. The van der Waals surface area contributed by atoms with Crippen molar-refractivity contribution in [3.8, 4) is 0 Å². The maximum atomic E-state index is 11.6. The summed E-state index contributed by atoms with van der Waals surface area (Å²) in [6.07, 6.45) is 4.19. The van der Waals surface area contributed by atoms with E-state index in [-0.39, 0.29) is 0 Å². The third-order valence-corrected chi connectivity index (χ3v) is 3.77. The maximum Gasteiger partial charge on any atom is 0.402 e. The molecule has 0 aromatic carbocycles. The zero-order chi connectivity index (χ0) is 12.1. The Hall–Kier alpha value is 0.0300. The highest BCUT2D eigenvalue weighted by Gasteiger charge is 2.24. The molecule has 2 heterocycles. The van der Waals surface area contributed by atoms with Gasteiger partial charge < -0.3 is 9.47 Å². The zero-order valence-corrected chi connectivity index (χ0v) is 10.8. The van der Waals surface area contributed by atoms with Gasteiger partial charge in [-0.15, -0.1) is 0 Å². The van der Waals surface area contributed by atoms with Gasteiger partial charge in [0.15, 0.2) is 0 Å². The molecule has 2 fully saturated rings. The molecule has 0 aromatic rings. The van der Waals surface area contributed by atoms with Crippen LogP contribution in [0.25, 0.3) is 0 Å². The van der Waals surface area contributed by atoms with Gasteiger partial charge in [-0.3, -0.25) is 9.05 Å². The average molecular weight is 265 g/mol. The van der Waals surface area contributed by atoms with Gasteiger partial charge in [-0.05, 0) is 25.7 Å². The summed E-state index contributed by atoms with van der Waals surface area (Å²) < 4.78 is 31.8. The molecular weight excluding hydrogens is 245 g/mol. The molecule has 17 heavy (non-hydrogen) atoms. The molecule has 2 N–H and O–H groups in total. The molecule has 2 atom stereocenters. The molecule has 2 aliphatic heterocycles. The number of epoxide rings is 2. The molecule has 100 valence electrons. The van der Waals surface area contributed by atoms with Crippen LogP contribution in [-0.2, 0) is 23.1 Å². The summed E-state index contributed by atoms with van der Waals surface area (Å²) in [5.74, 6) is 0. The summed E-state index contributed by atoms with van der Waals surface area (Å²) in [6, 6.07) is 0. The Labute approximate surface area is 101 Å². The number of ether oxygens (including phenoxy) is 2. The Morgan fingerprint density at radius 3 is 1.82 bits per heavy atom. The van der Waals surface area contributed by atoms with Gasteiger partial charge in [0.05, 0.1) is 38.6 Å². The van der Waals surface area contributed by atoms with E-state index >= 15 is 0 Å². The van der Waals surface area contributed by atoms with Gasteiger partial charge in [-0.2, -0.15) is 0 Å². The predicted molar refractivity (Wildman–Crippen MR) is 61.6 cm³/mol. The molecule has 2 unspecified atom stereocenters. The molecule has 0 amide bonds. The maximum absolute atomic E-state index is 11.6. The van der Waals surface area contributed by atoms with E-state index in [0.29, 0.717) is 25.4 Å². The lowest BCUT2D eigenvalue weighted by Crippen LogP contribution is -2.07. The van der Waals surface area contributed by atoms with Crippen molar-refractivity contribution >= 4 is 7.75 Å². The second-order valence-corrected chi connectivity index (χ2v) is 6.00. The van der Waals surface area contributed by atoms with Crippen LogP contribution in [0.3, 0.4) is 0 Å². The van der Waals surface area contributed by atoms with Crippen molar-refractivity contribution in [1.29, 1.82) is 0 Å². The molecule has 7 heteroatoms. The fourth-order valence-electron chi connectivity index (χ4n) is 1.51. The topological polar surface area (TPSA) is 86.6 Å². The number of rotatable bonds is 10. The standard InChI is InChI=1S/C10H20NO5P/c11-17(12,15-5-1-3-9-7-13-9)16-6-2-4-10-8-14-10/h9-10H,1-8H2,(H2,11,12). The van der Waals surface area contributed by atoms with E-state index < -0.39 is 7.75 Å². The summed E-state index contributed by atoms with van der Waals surface area (Å²) >= 11 is 0. The van der Waals surface area contributed by atoms with E-state index in [1.165, 1.54) is 0 Å². The smallest absolute Gasteiger partial charge is 0.373 e. The lowest BCUT2D eigenvalue weighted by Gasteiger charge is -2.13. The Balaban J connectivity index is 1.45. The van der Waals surface area contributed by atoms with E-state index in [0.717, 1.165) is 38.9 Å². The highest BCUT2D eigenvalue weighted by atomic mass is 31.2. The lowest BCUT2D eigenvalue weighted by atomic mass is 10.3. The second-order valence-electron chi connectivity index (χ2n) is 4.40. The Kier molecular flexibility index (Phi) is 4.97. The quantitative estimate of drug-likeness (QED) is 0.365. The number of hydrogen-bond acceptors (Lipinski definition) is 5. The van der Waals surface area contributed by atoms with Crippen LogP contribution in [0, 0.1) is 0 Å².